The van der Waals surface area contributed by atoms with Crippen molar-refractivity contribution >= 4 is 57.0 Å². The predicted octanol–water partition coefficient (Wildman–Crippen LogP) is 4.12. The fraction of sp³-hybridized carbons (Fsp3) is 0.167. The standard InChI is InChI=1S/C18H15N3O2S3/c22-16(6-5-12-3-1-9-24-12)21-8-7-13-15(11-21)26-18(19-13)20-17(23)14-4-2-10-25-14/h1-6,9-10H,7-8,11H2,(H,19,20,23)/b6-5+. The van der Waals surface area contributed by atoms with Crippen molar-refractivity contribution in [1.29, 1.82) is 0 Å². The van der Waals surface area contributed by atoms with E-state index in [0.717, 1.165) is 15.4 Å². The molecule has 4 rings (SSSR count). The summed E-state index contributed by atoms with van der Waals surface area (Å²) in [5.41, 5.74) is 0.975. The number of fused-ring (bicyclic) bond motifs is 1. The first kappa shape index (κ1) is 17.1. The third-order valence-corrected chi connectivity index (χ3v) is 6.65. The van der Waals surface area contributed by atoms with Crippen molar-refractivity contribution in [2.24, 2.45) is 0 Å². The van der Waals surface area contributed by atoms with Crippen LogP contribution < -0.4 is 5.32 Å². The molecule has 1 N–H and O–H groups in total. The number of hydrogen-bond acceptors (Lipinski definition) is 6. The molecule has 0 spiro atoms. The Balaban J connectivity index is 1.41. The maximum atomic E-state index is 12.4. The lowest BCUT2D eigenvalue weighted by atomic mass is 10.2. The number of thiophene rings is 2. The van der Waals surface area contributed by atoms with Crippen LogP contribution in [-0.2, 0) is 17.8 Å². The van der Waals surface area contributed by atoms with E-state index in [1.54, 1.807) is 23.5 Å². The number of anilines is 1. The molecule has 0 saturated carbocycles. The minimum atomic E-state index is -0.141. The second kappa shape index (κ2) is 7.53. The number of nitrogens with one attached hydrogen (secondary N) is 1. The number of carbonyl (C=O) groups is 2. The average Bonchev–Trinajstić information content (AvgIpc) is 3.39. The molecular formula is C18H15N3O2S3. The lowest BCUT2D eigenvalue weighted by Gasteiger charge is -2.24. The molecule has 5 nitrogen and oxygen atoms in total. The zero-order valence-electron chi connectivity index (χ0n) is 13.7. The van der Waals surface area contributed by atoms with Gasteiger partial charge in [-0.1, -0.05) is 23.5 Å². The van der Waals surface area contributed by atoms with Crippen molar-refractivity contribution in [2.75, 3.05) is 11.9 Å². The van der Waals surface area contributed by atoms with Gasteiger partial charge in [-0.25, -0.2) is 4.98 Å². The van der Waals surface area contributed by atoms with Crippen LogP contribution in [0, 0.1) is 0 Å². The van der Waals surface area contributed by atoms with Crippen LogP contribution in [0.5, 0.6) is 0 Å². The van der Waals surface area contributed by atoms with E-state index in [0.29, 0.717) is 29.5 Å². The van der Waals surface area contributed by atoms with Gasteiger partial charge in [0.15, 0.2) is 5.13 Å². The van der Waals surface area contributed by atoms with Crippen LogP contribution in [0.25, 0.3) is 6.08 Å². The maximum absolute atomic E-state index is 12.4. The van der Waals surface area contributed by atoms with E-state index in [2.05, 4.69) is 10.3 Å². The molecule has 0 aromatic carbocycles. The number of carbonyl (C=O) groups excluding carboxylic acids is 2. The second-order valence-corrected chi connectivity index (χ2v) is 8.69. The highest BCUT2D eigenvalue weighted by molar-refractivity contribution is 7.16. The highest BCUT2D eigenvalue weighted by Gasteiger charge is 2.23. The Kier molecular flexibility index (Phi) is 4.96. The van der Waals surface area contributed by atoms with Gasteiger partial charge in [-0.3, -0.25) is 14.9 Å². The summed E-state index contributed by atoms with van der Waals surface area (Å²) in [5.74, 6) is -0.139. The van der Waals surface area contributed by atoms with E-state index >= 15 is 0 Å². The van der Waals surface area contributed by atoms with Gasteiger partial charge in [0.25, 0.3) is 5.91 Å². The average molecular weight is 402 g/mol. The topological polar surface area (TPSA) is 62.3 Å². The molecule has 4 heterocycles. The Hall–Kier alpha value is -2.29. The molecule has 1 aliphatic heterocycles. The summed E-state index contributed by atoms with van der Waals surface area (Å²) >= 11 is 4.45. The van der Waals surface area contributed by atoms with Crippen molar-refractivity contribution in [3.05, 3.63) is 61.4 Å². The van der Waals surface area contributed by atoms with Gasteiger partial charge in [0.2, 0.25) is 5.91 Å². The molecule has 0 saturated heterocycles. The zero-order valence-corrected chi connectivity index (χ0v) is 16.1. The molecule has 0 radical (unpaired) electrons. The Bertz CT molecular complexity index is 943. The van der Waals surface area contributed by atoms with Crippen molar-refractivity contribution in [3.63, 3.8) is 0 Å². The molecular weight excluding hydrogens is 386 g/mol. The summed E-state index contributed by atoms with van der Waals surface area (Å²) in [6.45, 7) is 1.18. The number of hydrogen-bond donors (Lipinski definition) is 1. The summed E-state index contributed by atoms with van der Waals surface area (Å²) in [6.07, 6.45) is 4.18. The fourth-order valence-electron chi connectivity index (χ4n) is 2.65. The number of aromatic nitrogens is 1. The van der Waals surface area contributed by atoms with Gasteiger partial charge in [0.1, 0.15) is 0 Å². The Morgan fingerprint density at radius 3 is 2.81 bits per heavy atom. The number of thiazole rings is 1. The summed E-state index contributed by atoms with van der Waals surface area (Å²) in [4.78, 5) is 33.6. The monoisotopic (exact) mass is 401 g/mol. The van der Waals surface area contributed by atoms with E-state index < -0.39 is 0 Å². The lowest BCUT2D eigenvalue weighted by molar-refractivity contribution is -0.126. The zero-order chi connectivity index (χ0) is 17.9. The SMILES string of the molecule is O=C(Nc1nc2c(s1)CN(C(=O)/C=C/c1cccs1)CC2)c1cccs1. The third kappa shape index (κ3) is 3.77. The van der Waals surface area contributed by atoms with E-state index in [1.807, 2.05) is 39.9 Å². The van der Waals surface area contributed by atoms with Crippen LogP contribution >= 0.6 is 34.0 Å². The van der Waals surface area contributed by atoms with E-state index in [-0.39, 0.29) is 11.8 Å². The van der Waals surface area contributed by atoms with Gasteiger partial charge in [0.05, 0.1) is 17.1 Å². The molecule has 0 unspecified atom stereocenters. The molecule has 1 aliphatic rings. The molecule has 132 valence electrons. The van der Waals surface area contributed by atoms with Gasteiger partial charge < -0.3 is 4.90 Å². The van der Waals surface area contributed by atoms with E-state index in [4.69, 9.17) is 0 Å². The molecule has 3 aromatic heterocycles. The first-order valence-electron chi connectivity index (χ1n) is 8.03. The number of nitrogens with zero attached hydrogens (tertiary/aromatic N) is 2. The summed E-state index contributed by atoms with van der Waals surface area (Å²) in [5, 5.41) is 7.30. The molecule has 8 heteroatoms. The van der Waals surface area contributed by atoms with Crippen molar-refractivity contribution < 1.29 is 9.59 Å². The lowest BCUT2D eigenvalue weighted by Crippen LogP contribution is -2.34. The van der Waals surface area contributed by atoms with Crippen LogP contribution in [0.3, 0.4) is 0 Å². The predicted molar refractivity (Wildman–Crippen MR) is 107 cm³/mol. The molecule has 0 aliphatic carbocycles. The van der Waals surface area contributed by atoms with Crippen molar-refractivity contribution in [1.82, 2.24) is 9.88 Å². The summed E-state index contributed by atoms with van der Waals surface area (Å²) in [6, 6.07) is 7.58. The van der Waals surface area contributed by atoms with Gasteiger partial charge in [-0.05, 0) is 29.0 Å². The minimum Gasteiger partial charge on any atom is -0.334 e. The first-order valence-corrected chi connectivity index (χ1v) is 10.6. The van der Waals surface area contributed by atoms with Gasteiger partial charge >= 0.3 is 0 Å². The van der Waals surface area contributed by atoms with Gasteiger partial charge in [0, 0.05) is 28.8 Å². The normalized spacial score (nSPS) is 13.8. The molecule has 26 heavy (non-hydrogen) atoms. The molecule has 0 fully saturated rings. The molecule has 2 amide bonds. The first-order chi connectivity index (χ1) is 12.7. The Morgan fingerprint density at radius 2 is 2.04 bits per heavy atom. The molecule has 0 atom stereocenters. The molecule has 0 bridgehead atoms. The van der Waals surface area contributed by atoms with Crippen LogP contribution in [0.4, 0.5) is 5.13 Å². The van der Waals surface area contributed by atoms with Crippen molar-refractivity contribution in [3.8, 4) is 0 Å². The molecule has 3 aromatic rings. The van der Waals surface area contributed by atoms with Crippen LogP contribution in [0.2, 0.25) is 0 Å². The Morgan fingerprint density at radius 1 is 1.19 bits per heavy atom. The minimum absolute atomic E-state index is 0.00150. The maximum Gasteiger partial charge on any atom is 0.267 e. The van der Waals surface area contributed by atoms with Gasteiger partial charge in [-0.2, -0.15) is 0 Å². The van der Waals surface area contributed by atoms with Crippen molar-refractivity contribution in [2.45, 2.75) is 13.0 Å². The largest absolute Gasteiger partial charge is 0.334 e. The third-order valence-electron chi connectivity index (χ3n) is 3.94. The number of rotatable bonds is 4. The van der Waals surface area contributed by atoms with Crippen LogP contribution in [-0.4, -0.2) is 28.2 Å². The second-order valence-electron chi connectivity index (χ2n) is 5.68. The van der Waals surface area contributed by atoms with Gasteiger partial charge in [-0.15, -0.1) is 22.7 Å². The Labute approximate surface area is 162 Å². The van der Waals surface area contributed by atoms with E-state index in [9.17, 15) is 9.59 Å². The smallest absolute Gasteiger partial charge is 0.267 e. The number of amides is 2. The fourth-order valence-corrected chi connectivity index (χ4v) is 4.90. The van der Waals surface area contributed by atoms with Crippen LogP contribution in [0.15, 0.2) is 41.1 Å². The van der Waals surface area contributed by atoms with Crippen LogP contribution in [0.1, 0.15) is 25.1 Å². The summed E-state index contributed by atoms with van der Waals surface area (Å²) in [7, 11) is 0. The quantitative estimate of drug-likeness (QED) is 0.669. The van der Waals surface area contributed by atoms with E-state index in [1.165, 1.54) is 22.7 Å². The highest BCUT2D eigenvalue weighted by Crippen LogP contribution is 2.29. The highest BCUT2D eigenvalue weighted by atomic mass is 32.1. The summed E-state index contributed by atoms with van der Waals surface area (Å²) < 4.78 is 0.